The third-order valence-electron chi connectivity index (χ3n) is 2.32. The third-order valence-corrected chi connectivity index (χ3v) is 2.32. The Hall–Kier alpha value is -2.30. The van der Waals surface area contributed by atoms with Gasteiger partial charge in [0.05, 0.1) is 11.1 Å². The summed E-state index contributed by atoms with van der Waals surface area (Å²) in [7, 11) is 0. The number of ketones is 2. The van der Waals surface area contributed by atoms with Crippen LogP contribution >= 0.6 is 0 Å². The van der Waals surface area contributed by atoms with Crippen LogP contribution in [0.3, 0.4) is 0 Å². The Labute approximate surface area is 90.9 Å². The molecular weight excluding hydrogens is 208 g/mol. The first kappa shape index (κ1) is 10.2. The Morgan fingerprint density at radius 2 is 2.06 bits per heavy atom. The van der Waals surface area contributed by atoms with E-state index >= 15 is 0 Å². The van der Waals surface area contributed by atoms with Crippen molar-refractivity contribution in [2.45, 2.75) is 6.92 Å². The van der Waals surface area contributed by atoms with Crippen molar-refractivity contribution in [2.75, 3.05) is 0 Å². The molecule has 1 aromatic rings. The molecule has 5 nitrogen and oxygen atoms in total. The molecule has 0 saturated heterocycles. The molecule has 1 heterocycles. The lowest BCUT2D eigenvalue weighted by Crippen LogP contribution is -2.27. The number of allylic oxidation sites excluding steroid dienone is 1. The number of nitrogens with zero attached hydrogens (tertiary/aromatic N) is 1. The molecule has 1 aromatic heterocycles. The van der Waals surface area contributed by atoms with Crippen LogP contribution in [0, 0.1) is 5.41 Å². The predicted molar refractivity (Wildman–Crippen MR) is 56.5 cm³/mol. The van der Waals surface area contributed by atoms with Gasteiger partial charge >= 0.3 is 0 Å². The van der Waals surface area contributed by atoms with Crippen molar-refractivity contribution < 1.29 is 14.7 Å². The highest BCUT2D eigenvalue weighted by atomic mass is 16.3. The molecule has 16 heavy (non-hydrogen) atoms. The number of hydrogen-bond acceptors (Lipinski definition) is 5. The maximum Gasteiger partial charge on any atom is 0.239 e. The fourth-order valence-corrected chi connectivity index (χ4v) is 1.59. The van der Waals surface area contributed by atoms with Crippen molar-refractivity contribution in [3.63, 3.8) is 0 Å². The number of Topliss-reactive ketones (excluding diaryl/α,β-unsaturated/α-hetero) is 2. The third kappa shape index (κ3) is 1.25. The predicted octanol–water partition coefficient (Wildman–Crippen LogP) is 1.16. The zero-order valence-corrected chi connectivity index (χ0v) is 8.44. The lowest BCUT2D eigenvalue weighted by molar-refractivity contribution is -0.111. The minimum Gasteiger partial charge on any atom is -0.505 e. The molecular formula is C11H8N2O3. The van der Waals surface area contributed by atoms with Crippen LogP contribution in [0.5, 0.6) is 0 Å². The van der Waals surface area contributed by atoms with Gasteiger partial charge in [-0.3, -0.25) is 14.6 Å². The van der Waals surface area contributed by atoms with Crippen LogP contribution in [0.15, 0.2) is 23.9 Å². The van der Waals surface area contributed by atoms with Crippen LogP contribution in [0.25, 0.3) is 5.76 Å². The second kappa shape index (κ2) is 3.37. The maximum absolute atomic E-state index is 11.6. The molecule has 1 aliphatic carbocycles. The molecule has 0 fully saturated rings. The highest BCUT2D eigenvalue weighted by molar-refractivity contribution is 6.57. The smallest absolute Gasteiger partial charge is 0.239 e. The molecule has 0 spiro atoms. The number of carbonyl (C=O) groups is 2. The van der Waals surface area contributed by atoms with Crippen LogP contribution in [-0.2, 0) is 4.79 Å². The number of rotatable bonds is 1. The van der Waals surface area contributed by atoms with E-state index in [1.807, 2.05) is 0 Å². The van der Waals surface area contributed by atoms with Gasteiger partial charge in [-0.1, -0.05) is 0 Å². The first-order chi connectivity index (χ1) is 7.54. The van der Waals surface area contributed by atoms with Gasteiger partial charge < -0.3 is 10.5 Å². The van der Waals surface area contributed by atoms with Crippen molar-refractivity contribution in [2.24, 2.45) is 0 Å². The molecule has 0 saturated carbocycles. The van der Waals surface area contributed by atoms with Crippen molar-refractivity contribution in [1.82, 2.24) is 4.98 Å². The number of nitrogens with one attached hydrogen (secondary N) is 1. The number of pyridine rings is 1. The summed E-state index contributed by atoms with van der Waals surface area (Å²) in [4.78, 5) is 27.1. The van der Waals surface area contributed by atoms with E-state index < -0.39 is 17.3 Å². The number of fused-ring (bicyclic) bond motifs is 1. The SMILES string of the molecule is CC(=N)C1=C(O)c2ncccc2C(=O)C1=O. The topological polar surface area (TPSA) is 91.1 Å². The fourth-order valence-electron chi connectivity index (χ4n) is 1.59. The van der Waals surface area contributed by atoms with Crippen LogP contribution in [0.2, 0.25) is 0 Å². The summed E-state index contributed by atoms with van der Waals surface area (Å²) in [6.07, 6.45) is 1.41. The van der Waals surface area contributed by atoms with E-state index in [-0.39, 0.29) is 22.5 Å². The Morgan fingerprint density at radius 3 is 2.69 bits per heavy atom. The summed E-state index contributed by atoms with van der Waals surface area (Å²) in [5.74, 6) is -1.99. The molecule has 0 aromatic carbocycles. The minimum atomic E-state index is -0.856. The fraction of sp³-hybridized carbons (Fsp3) is 0.0909. The zero-order chi connectivity index (χ0) is 11.9. The highest BCUT2D eigenvalue weighted by Gasteiger charge is 2.34. The molecule has 0 bridgehead atoms. The zero-order valence-electron chi connectivity index (χ0n) is 8.44. The second-order valence-corrected chi connectivity index (χ2v) is 3.41. The number of aliphatic hydroxyl groups is 1. The Kier molecular flexibility index (Phi) is 2.16. The largest absolute Gasteiger partial charge is 0.505 e. The minimum absolute atomic E-state index is 0.0636. The second-order valence-electron chi connectivity index (χ2n) is 3.41. The van der Waals surface area contributed by atoms with E-state index in [1.165, 1.54) is 25.3 Å². The Bertz CT molecular complexity index is 558. The van der Waals surface area contributed by atoms with Gasteiger partial charge in [-0.05, 0) is 19.1 Å². The maximum atomic E-state index is 11.6. The van der Waals surface area contributed by atoms with Crippen molar-refractivity contribution in [1.29, 1.82) is 5.41 Å². The van der Waals surface area contributed by atoms with Gasteiger partial charge in [-0.25, -0.2) is 0 Å². The quantitative estimate of drug-likeness (QED) is 0.544. The van der Waals surface area contributed by atoms with Gasteiger partial charge in [0.25, 0.3) is 0 Å². The molecule has 80 valence electrons. The van der Waals surface area contributed by atoms with Gasteiger partial charge in [-0.2, -0.15) is 0 Å². The molecule has 0 radical (unpaired) electrons. The molecule has 0 atom stereocenters. The first-order valence-corrected chi connectivity index (χ1v) is 4.57. The van der Waals surface area contributed by atoms with E-state index in [9.17, 15) is 14.7 Å². The van der Waals surface area contributed by atoms with E-state index in [0.717, 1.165) is 0 Å². The van der Waals surface area contributed by atoms with Gasteiger partial charge in [0, 0.05) is 11.9 Å². The monoisotopic (exact) mass is 216 g/mol. The van der Waals surface area contributed by atoms with E-state index in [1.54, 1.807) is 0 Å². The van der Waals surface area contributed by atoms with E-state index in [2.05, 4.69) is 4.98 Å². The molecule has 1 aliphatic rings. The average molecular weight is 216 g/mol. The summed E-state index contributed by atoms with van der Waals surface area (Å²) in [6, 6.07) is 2.94. The van der Waals surface area contributed by atoms with E-state index in [4.69, 9.17) is 5.41 Å². The standard InChI is InChI=1S/C11H8N2O3/c1-5(12)7-10(15)8-6(3-2-4-13-8)9(14)11(7)16/h2-4,12,15H,1H3. The lowest BCUT2D eigenvalue weighted by Gasteiger charge is -2.15. The summed E-state index contributed by atoms with van der Waals surface area (Å²) < 4.78 is 0. The molecule has 2 N–H and O–H groups in total. The van der Waals surface area contributed by atoms with E-state index in [0.29, 0.717) is 0 Å². The molecule has 2 rings (SSSR count). The van der Waals surface area contributed by atoms with Crippen LogP contribution in [-0.4, -0.2) is 27.4 Å². The lowest BCUT2D eigenvalue weighted by atomic mass is 9.90. The number of aliphatic hydroxyl groups excluding tert-OH is 1. The molecule has 0 amide bonds. The van der Waals surface area contributed by atoms with Crippen molar-refractivity contribution in [3.8, 4) is 0 Å². The van der Waals surface area contributed by atoms with Gasteiger partial charge in [-0.15, -0.1) is 0 Å². The van der Waals surface area contributed by atoms with Gasteiger partial charge in [0.2, 0.25) is 11.6 Å². The van der Waals surface area contributed by atoms with Crippen molar-refractivity contribution >= 4 is 23.0 Å². The van der Waals surface area contributed by atoms with Gasteiger partial charge in [0.1, 0.15) is 5.69 Å². The Balaban J connectivity index is 2.79. The summed E-state index contributed by atoms with van der Waals surface area (Å²) in [5.41, 5.74) is -0.271. The normalized spacial score (nSPS) is 15.1. The van der Waals surface area contributed by atoms with Crippen LogP contribution in [0.4, 0.5) is 0 Å². The van der Waals surface area contributed by atoms with Crippen LogP contribution in [0.1, 0.15) is 23.0 Å². The number of hydrogen-bond donors (Lipinski definition) is 2. The molecule has 5 heteroatoms. The first-order valence-electron chi connectivity index (χ1n) is 4.57. The summed E-state index contributed by atoms with van der Waals surface area (Å²) in [5, 5.41) is 17.1. The number of aromatic nitrogens is 1. The average Bonchev–Trinajstić information content (AvgIpc) is 2.26. The molecule has 0 aliphatic heterocycles. The highest BCUT2D eigenvalue weighted by Crippen LogP contribution is 2.26. The summed E-state index contributed by atoms with van der Waals surface area (Å²) >= 11 is 0. The summed E-state index contributed by atoms with van der Waals surface area (Å²) in [6.45, 7) is 1.34. The van der Waals surface area contributed by atoms with Crippen molar-refractivity contribution in [3.05, 3.63) is 35.2 Å². The van der Waals surface area contributed by atoms with Crippen LogP contribution < -0.4 is 0 Å². The number of carbonyl (C=O) groups excluding carboxylic acids is 2. The Morgan fingerprint density at radius 1 is 1.38 bits per heavy atom. The molecule has 0 unspecified atom stereocenters. The van der Waals surface area contributed by atoms with Gasteiger partial charge in [0.15, 0.2) is 5.76 Å².